The van der Waals surface area contributed by atoms with E-state index in [-0.39, 0.29) is 31.1 Å². The molecule has 0 aliphatic rings. The Bertz CT molecular complexity index is 1010. The van der Waals surface area contributed by atoms with E-state index in [4.69, 9.17) is 14.2 Å². The third-order valence-corrected chi connectivity index (χ3v) is 9.29. The molecule has 0 bridgehead atoms. The van der Waals surface area contributed by atoms with E-state index < -0.39 is 6.10 Å². The van der Waals surface area contributed by atoms with Gasteiger partial charge in [0, 0.05) is 19.3 Å². The smallest absolute Gasteiger partial charge is 0.306 e. The normalized spacial score (nSPS) is 12.6. The van der Waals surface area contributed by atoms with Gasteiger partial charge in [-0.2, -0.15) is 0 Å². The first-order valence-corrected chi connectivity index (χ1v) is 22.3. The van der Waals surface area contributed by atoms with E-state index >= 15 is 0 Å². The lowest BCUT2D eigenvalue weighted by atomic mass is 10.1. The zero-order valence-corrected chi connectivity index (χ0v) is 35.2. The van der Waals surface area contributed by atoms with Crippen molar-refractivity contribution < 1.29 is 28.6 Å². The van der Waals surface area contributed by atoms with Crippen LogP contribution in [0, 0.1) is 0 Å². The second-order valence-electron chi connectivity index (χ2n) is 14.6. The molecule has 6 nitrogen and oxygen atoms in total. The fourth-order valence-electron chi connectivity index (χ4n) is 5.94. The van der Waals surface area contributed by atoms with Crippen molar-refractivity contribution in [1.82, 2.24) is 0 Å². The van der Waals surface area contributed by atoms with Crippen LogP contribution in [0.15, 0.2) is 60.8 Å². The molecule has 0 aliphatic heterocycles. The van der Waals surface area contributed by atoms with Crippen molar-refractivity contribution in [2.24, 2.45) is 0 Å². The van der Waals surface area contributed by atoms with Crippen LogP contribution in [0.2, 0.25) is 0 Å². The summed E-state index contributed by atoms with van der Waals surface area (Å²) in [6, 6.07) is 0. The standard InChI is InChI=1S/C48H82O6/c1-4-7-10-13-16-17-18-19-20-21-22-23-24-25-26-27-28-29-30-31-33-35-38-41-47(50)53-44-45(43-52-46(49)40-37-34-15-12-9-6-3)54-48(51)42-39-36-32-14-11-8-5-2/h7,10,16-17,19-20,22-23,25-26,45H,4-6,8-9,11-15,18,21,24,27-44H2,1-3H3/b10-7-,17-16-,20-19-,23-22-,26-25-. The highest BCUT2D eigenvalue weighted by molar-refractivity contribution is 5.71. The fraction of sp³-hybridized carbons (Fsp3) is 0.729. The van der Waals surface area contributed by atoms with Crippen molar-refractivity contribution in [3.8, 4) is 0 Å². The molecule has 0 fully saturated rings. The summed E-state index contributed by atoms with van der Waals surface area (Å²) in [5.41, 5.74) is 0. The largest absolute Gasteiger partial charge is 0.462 e. The molecule has 0 aromatic carbocycles. The summed E-state index contributed by atoms with van der Waals surface area (Å²) < 4.78 is 16.5. The lowest BCUT2D eigenvalue weighted by molar-refractivity contribution is -0.167. The molecule has 0 aromatic heterocycles. The van der Waals surface area contributed by atoms with Crippen LogP contribution in [-0.4, -0.2) is 37.2 Å². The number of esters is 3. The Balaban J connectivity index is 4.12. The molecular weight excluding hydrogens is 673 g/mol. The Morgan fingerprint density at radius 1 is 0.389 bits per heavy atom. The number of unbranched alkanes of at least 4 members (excludes halogenated alkanes) is 18. The number of carbonyl (C=O) groups is 3. The Morgan fingerprint density at radius 2 is 0.722 bits per heavy atom. The zero-order valence-electron chi connectivity index (χ0n) is 35.2. The molecule has 310 valence electrons. The number of hydrogen-bond acceptors (Lipinski definition) is 6. The van der Waals surface area contributed by atoms with Crippen molar-refractivity contribution in [2.45, 2.75) is 213 Å². The summed E-state index contributed by atoms with van der Waals surface area (Å²) in [4.78, 5) is 37.3. The first-order chi connectivity index (χ1) is 26.5. The van der Waals surface area contributed by atoms with Gasteiger partial charge >= 0.3 is 17.9 Å². The first kappa shape index (κ1) is 51.1. The minimum Gasteiger partial charge on any atom is -0.462 e. The number of allylic oxidation sites excluding steroid dienone is 10. The van der Waals surface area contributed by atoms with Crippen molar-refractivity contribution in [2.75, 3.05) is 13.2 Å². The minimum atomic E-state index is -0.769. The maximum atomic E-state index is 12.5. The molecule has 6 heteroatoms. The van der Waals surface area contributed by atoms with E-state index in [0.717, 1.165) is 96.3 Å². The van der Waals surface area contributed by atoms with Gasteiger partial charge in [-0.3, -0.25) is 14.4 Å². The fourth-order valence-corrected chi connectivity index (χ4v) is 5.94. The van der Waals surface area contributed by atoms with Crippen LogP contribution < -0.4 is 0 Å². The van der Waals surface area contributed by atoms with Gasteiger partial charge < -0.3 is 14.2 Å². The van der Waals surface area contributed by atoms with Crippen molar-refractivity contribution in [3.05, 3.63) is 60.8 Å². The molecule has 0 amide bonds. The van der Waals surface area contributed by atoms with E-state index in [1.165, 1.54) is 70.6 Å². The number of rotatable bonds is 39. The molecule has 0 radical (unpaired) electrons. The highest BCUT2D eigenvalue weighted by atomic mass is 16.6. The van der Waals surface area contributed by atoms with Gasteiger partial charge in [0.15, 0.2) is 6.10 Å². The van der Waals surface area contributed by atoms with Gasteiger partial charge in [-0.05, 0) is 64.2 Å². The van der Waals surface area contributed by atoms with Crippen LogP contribution in [0.5, 0.6) is 0 Å². The summed E-state index contributed by atoms with van der Waals surface area (Å²) >= 11 is 0. The summed E-state index contributed by atoms with van der Waals surface area (Å²) in [6.45, 7) is 6.39. The Hall–Kier alpha value is -2.89. The van der Waals surface area contributed by atoms with Gasteiger partial charge in [0.1, 0.15) is 13.2 Å². The topological polar surface area (TPSA) is 78.9 Å². The van der Waals surface area contributed by atoms with E-state index in [9.17, 15) is 14.4 Å². The van der Waals surface area contributed by atoms with Crippen molar-refractivity contribution in [3.63, 3.8) is 0 Å². The highest BCUT2D eigenvalue weighted by Crippen LogP contribution is 2.13. The van der Waals surface area contributed by atoms with Gasteiger partial charge in [-0.1, -0.05) is 184 Å². The lowest BCUT2D eigenvalue weighted by Crippen LogP contribution is -2.30. The molecule has 1 unspecified atom stereocenters. The first-order valence-electron chi connectivity index (χ1n) is 22.3. The van der Waals surface area contributed by atoms with Crippen LogP contribution in [0.1, 0.15) is 207 Å². The summed E-state index contributed by atoms with van der Waals surface area (Å²) in [7, 11) is 0. The summed E-state index contributed by atoms with van der Waals surface area (Å²) in [5, 5.41) is 0. The molecule has 0 saturated carbocycles. The monoisotopic (exact) mass is 755 g/mol. The average molecular weight is 755 g/mol. The second-order valence-corrected chi connectivity index (χ2v) is 14.6. The molecule has 1 atom stereocenters. The Labute approximate surface area is 332 Å². The van der Waals surface area contributed by atoms with Gasteiger partial charge in [0.05, 0.1) is 0 Å². The van der Waals surface area contributed by atoms with E-state index in [1.54, 1.807) is 0 Å². The van der Waals surface area contributed by atoms with Crippen molar-refractivity contribution >= 4 is 17.9 Å². The molecule has 54 heavy (non-hydrogen) atoms. The van der Waals surface area contributed by atoms with E-state index in [2.05, 4.69) is 81.5 Å². The molecular formula is C48H82O6. The molecule has 0 N–H and O–H groups in total. The maximum Gasteiger partial charge on any atom is 0.306 e. The molecule has 0 spiro atoms. The molecule has 0 heterocycles. The molecule has 0 saturated heterocycles. The third kappa shape index (κ3) is 40.3. The van der Waals surface area contributed by atoms with Crippen LogP contribution in [0.3, 0.4) is 0 Å². The predicted octanol–water partition coefficient (Wildman–Crippen LogP) is 14.1. The van der Waals surface area contributed by atoms with E-state index in [1.807, 2.05) is 0 Å². The highest BCUT2D eigenvalue weighted by Gasteiger charge is 2.19. The maximum absolute atomic E-state index is 12.5. The Kier molecular flexibility index (Phi) is 40.6. The van der Waals surface area contributed by atoms with Crippen LogP contribution >= 0.6 is 0 Å². The SMILES string of the molecule is CC/C=C\C/C=C\C/C=C\C/C=C\C/C=C\CCCCCCCCCC(=O)OCC(COC(=O)CCCCCCCC)OC(=O)CCCCCCCCC. The number of carbonyl (C=O) groups excluding carboxylic acids is 3. The van der Waals surface area contributed by atoms with Gasteiger partial charge in [0.25, 0.3) is 0 Å². The number of hydrogen-bond donors (Lipinski definition) is 0. The second kappa shape index (κ2) is 42.8. The number of ether oxygens (including phenoxy) is 3. The average Bonchev–Trinajstić information content (AvgIpc) is 3.17. The minimum absolute atomic E-state index is 0.0776. The molecule has 0 aromatic rings. The quantitative estimate of drug-likeness (QED) is 0.0269. The molecule has 0 rings (SSSR count). The van der Waals surface area contributed by atoms with Gasteiger partial charge in [-0.25, -0.2) is 0 Å². The zero-order chi connectivity index (χ0) is 39.4. The van der Waals surface area contributed by atoms with Crippen LogP contribution in [-0.2, 0) is 28.6 Å². The summed E-state index contributed by atoms with van der Waals surface area (Å²) in [6.07, 6.45) is 51.0. The third-order valence-electron chi connectivity index (χ3n) is 9.29. The summed E-state index contributed by atoms with van der Waals surface area (Å²) in [5.74, 6) is -0.910. The molecule has 0 aliphatic carbocycles. The Morgan fingerprint density at radius 3 is 1.13 bits per heavy atom. The van der Waals surface area contributed by atoms with E-state index in [0.29, 0.717) is 19.3 Å². The van der Waals surface area contributed by atoms with Crippen LogP contribution in [0.25, 0.3) is 0 Å². The van der Waals surface area contributed by atoms with Gasteiger partial charge in [0.2, 0.25) is 0 Å². The van der Waals surface area contributed by atoms with Gasteiger partial charge in [-0.15, -0.1) is 0 Å². The van der Waals surface area contributed by atoms with Crippen molar-refractivity contribution in [1.29, 1.82) is 0 Å². The van der Waals surface area contributed by atoms with Crippen LogP contribution in [0.4, 0.5) is 0 Å². The predicted molar refractivity (Wildman–Crippen MR) is 228 cm³/mol. The lowest BCUT2D eigenvalue weighted by Gasteiger charge is -2.18.